The Balaban J connectivity index is 3.42. The fourth-order valence-electron chi connectivity index (χ4n) is 1.50. The van der Waals surface area contributed by atoms with Crippen molar-refractivity contribution < 1.29 is 36.2 Å². The average Bonchev–Trinajstić information content (AvgIpc) is 2.37. The number of carbonyl (C=O) groups is 1. The molecular formula is C11H9ClF5NO3. The van der Waals surface area contributed by atoms with Gasteiger partial charge in [0.15, 0.2) is 5.75 Å². The summed E-state index contributed by atoms with van der Waals surface area (Å²) in [5.41, 5.74) is -1.97. The number of pyridine rings is 1. The molecule has 0 aliphatic carbocycles. The van der Waals surface area contributed by atoms with Crippen molar-refractivity contribution in [3.05, 3.63) is 23.0 Å². The largest absolute Gasteiger partial charge is 0.573 e. The molecule has 1 heterocycles. The SMILES string of the molecule is COC(=O)Cc1ncc(CCl)c(C(F)F)c1OC(F)(F)F. The molecule has 0 aliphatic heterocycles. The van der Waals surface area contributed by atoms with Crippen LogP contribution >= 0.6 is 11.6 Å². The summed E-state index contributed by atoms with van der Waals surface area (Å²) in [5, 5.41) is 0. The minimum Gasteiger partial charge on any atom is -0.469 e. The van der Waals surface area contributed by atoms with Gasteiger partial charge in [-0.1, -0.05) is 0 Å². The molecule has 1 aromatic rings. The first-order valence-electron chi connectivity index (χ1n) is 5.37. The first-order valence-corrected chi connectivity index (χ1v) is 5.90. The number of hydrogen-bond donors (Lipinski definition) is 0. The number of carbonyl (C=O) groups excluding carboxylic acids is 1. The molecule has 4 nitrogen and oxygen atoms in total. The van der Waals surface area contributed by atoms with Crippen molar-refractivity contribution in [1.29, 1.82) is 0 Å². The first kappa shape index (κ1) is 17.4. The summed E-state index contributed by atoms with van der Waals surface area (Å²) in [6, 6.07) is 0. The molecule has 0 atom stereocenters. The predicted molar refractivity (Wildman–Crippen MR) is 61.2 cm³/mol. The molecule has 0 aromatic carbocycles. The number of aromatic nitrogens is 1. The van der Waals surface area contributed by atoms with Crippen molar-refractivity contribution in [3.8, 4) is 5.75 Å². The van der Waals surface area contributed by atoms with E-state index < -0.39 is 48.1 Å². The molecule has 0 radical (unpaired) electrons. The number of nitrogens with zero attached hydrogens (tertiary/aromatic N) is 1. The Kier molecular flexibility index (Phi) is 5.70. The van der Waals surface area contributed by atoms with Crippen molar-refractivity contribution in [2.45, 2.75) is 25.1 Å². The van der Waals surface area contributed by atoms with Gasteiger partial charge in [0.05, 0.1) is 24.8 Å². The molecule has 1 rings (SSSR count). The van der Waals surface area contributed by atoms with Crippen LogP contribution in [-0.2, 0) is 21.8 Å². The summed E-state index contributed by atoms with van der Waals surface area (Å²) in [6.07, 6.45) is -8.38. The van der Waals surface area contributed by atoms with E-state index in [0.29, 0.717) is 0 Å². The highest BCUT2D eigenvalue weighted by Gasteiger charge is 2.36. The molecule has 0 fully saturated rings. The zero-order valence-electron chi connectivity index (χ0n) is 10.5. The third-order valence-corrected chi connectivity index (χ3v) is 2.64. The number of rotatable bonds is 5. The minimum absolute atomic E-state index is 0.320. The van der Waals surface area contributed by atoms with Crippen LogP contribution in [0.5, 0.6) is 5.75 Å². The Bertz CT molecular complexity index is 521. The van der Waals surface area contributed by atoms with Crippen molar-refractivity contribution in [3.63, 3.8) is 0 Å². The quantitative estimate of drug-likeness (QED) is 0.471. The zero-order valence-corrected chi connectivity index (χ0v) is 11.3. The number of halogens is 6. The van der Waals surface area contributed by atoms with Gasteiger partial charge in [0.1, 0.15) is 0 Å². The molecule has 10 heteroatoms. The molecular weight excluding hydrogens is 325 g/mol. The van der Waals surface area contributed by atoms with Crippen LogP contribution in [-0.4, -0.2) is 24.4 Å². The summed E-state index contributed by atoms with van der Waals surface area (Å²) in [7, 11) is 0.994. The van der Waals surface area contributed by atoms with E-state index >= 15 is 0 Å². The number of hydrogen-bond acceptors (Lipinski definition) is 4. The second-order valence-electron chi connectivity index (χ2n) is 3.71. The van der Waals surface area contributed by atoms with Crippen LogP contribution in [0.1, 0.15) is 23.2 Å². The minimum atomic E-state index is -5.22. The molecule has 0 saturated heterocycles. The van der Waals surface area contributed by atoms with Crippen molar-refractivity contribution in [2.24, 2.45) is 0 Å². The Hall–Kier alpha value is -1.64. The fraction of sp³-hybridized carbons (Fsp3) is 0.455. The third-order valence-electron chi connectivity index (χ3n) is 2.35. The highest BCUT2D eigenvalue weighted by Crippen LogP contribution is 2.38. The maximum Gasteiger partial charge on any atom is 0.573 e. The molecule has 21 heavy (non-hydrogen) atoms. The summed E-state index contributed by atoms with van der Waals surface area (Å²) >= 11 is 5.40. The third kappa shape index (κ3) is 4.69. The molecule has 0 amide bonds. The smallest absolute Gasteiger partial charge is 0.469 e. The number of methoxy groups -OCH3 is 1. The fourth-order valence-corrected chi connectivity index (χ4v) is 1.71. The van der Waals surface area contributed by atoms with Gasteiger partial charge in [-0.15, -0.1) is 24.8 Å². The van der Waals surface area contributed by atoms with E-state index in [0.717, 1.165) is 13.3 Å². The highest BCUT2D eigenvalue weighted by atomic mass is 35.5. The molecule has 0 aliphatic rings. The summed E-state index contributed by atoms with van der Waals surface area (Å²) in [5.74, 6) is -2.66. The lowest BCUT2D eigenvalue weighted by Crippen LogP contribution is -2.21. The van der Waals surface area contributed by atoms with Crippen molar-refractivity contribution in [1.82, 2.24) is 4.98 Å². The van der Waals surface area contributed by atoms with Crippen LogP contribution in [0.25, 0.3) is 0 Å². The standard InChI is InChI=1S/C11H9ClF5NO3/c1-20-7(19)2-6-9(21-11(15,16)17)8(10(13)14)5(3-12)4-18-6/h4,10H,2-3H2,1H3. The Labute approximate surface area is 120 Å². The van der Waals surface area contributed by atoms with Crippen LogP contribution in [0.2, 0.25) is 0 Å². The second kappa shape index (κ2) is 6.88. The maximum absolute atomic E-state index is 13.0. The summed E-state index contributed by atoms with van der Waals surface area (Å²) in [4.78, 5) is 14.6. The molecule has 0 spiro atoms. The average molecular weight is 334 g/mol. The Morgan fingerprint density at radius 1 is 1.43 bits per heavy atom. The van der Waals surface area contributed by atoms with Crippen molar-refractivity contribution in [2.75, 3.05) is 7.11 Å². The van der Waals surface area contributed by atoms with Gasteiger partial charge in [-0.05, 0) is 5.56 Å². The maximum atomic E-state index is 13.0. The van der Waals surface area contributed by atoms with Crippen LogP contribution in [0.3, 0.4) is 0 Å². The van der Waals surface area contributed by atoms with Crippen LogP contribution in [0.4, 0.5) is 22.0 Å². The van der Waals surface area contributed by atoms with E-state index in [1.165, 1.54) is 0 Å². The molecule has 0 N–H and O–H groups in total. The lowest BCUT2D eigenvalue weighted by atomic mass is 10.1. The molecule has 1 aromatic heterocycles. The number of alkyl halides is 6. The first-order chi connectivity index (χ1) is 9.69. The van der Waals surface area contributed by atoms with Crippen LogP contribution < -0.4 is 4.74 Å². The highest BCUT2D eigenvalue weighted by molar-refractivity contribution is 6.17. The number of ether oxygens (including phenoxy) is 2. The molecule has 0 unspecified atom stereocenters. The van der Waals surface area contributed by atoms with Gasteiger partial charge in [0, 0.05) is 12.1 Å². The van der Waals surface area contributed by atoms with E-state index in [2.05, 4.69) is 14.5 Å². The topological polar surface area (TPSA) is 48.4 Å². The van der Waals surface area contributed by atoms with E-state index in [9.17, 15) is 26.7 Å². The van der Waals surface area contributed by atoms with Gasteiger partial charge in [0.2, 0.25) is 0 Å². The van der Waals surface area contributed by atoms with Crippen LogP contribution in [0, 0.1) is 0 Å². The normalized spacial score (nSPS) is 11.6. The van der Waals surface area contributed by atoms with Gasteiger partial charge < -0.3 is 9.47 Å². The molecule has 0 saturated carbocycles. The van der Waals surface area contributed by atoms with Gasteiger partial charge >= 0.3 is 12.3 Å². The Morgan fingerprint density at radius 2 is 2.05 bits per heavy atom. The molecule has 118 valence electrons. The van der Waals surface area contributed by atoms with E-state index in [4.69, 9.17) is 11.6 Å². The van der Waals surface area contributed by atoms with Gasteiger partial charge in [0.25, 0.3) is 6.43 Å². The van der Waals surface area contributed by atoms with Crippen LogP contribution in [0.15, 0.2) is 6.20 Å². The van der Waals surface area contributed by atoms with E-state index in [1.807, 2.05) is 0 Å². The monoisotopic (exact) mass is 333 g/mol. The summed E-state index contributed by atoms with van der Waals surface area (Å²) < 4.78 is 71.0. The van der Waals surface area contributed by atoms with E-state index in [-0.39, 0.29) is 5.56 Å². The van der Waals surface area contributed by atoms with Crippen molar-refractivity contribution >= 4 is 17.6 Å². The van der Waals surface area contributed by atoms with Gasteiger partial charge in [-0.25, -0.2) is 8.78 Å². The summed E-state index contributed by atoms with van der Waals surface area (Å²) in [6.45, 7) is 0. The van der Waals surface area contributed by atoms with E-state index in [1.54, 1.807) is 0 Å². The second-order valence-corrected chi connectivity index (χ2v) is 3.98. The van der Waals surface area contributed by atoms with Gasteiger partial charge in [-0.2, -0.15) is 0 Å². The predicted octanol–water partition coefficient (Wildman–Crippen LogP) is 3.37. The lowest BCUT2D eigenvalue weighted by Gasteiger charge is -2.18. The Morgan fingerprint density at radius 3 is 2.48 bits per heavy atom. The molecule has 0 bridgehead atoms. The lowest BCUT2D eigenvalue weighted by molar-refractivity contribution is -0.275. The number of esters is 1. The zero-order chi connectivity index (χ0) is 16.2. The van der Waals surface area contributed by atoms with Gasteiger partial charge in [-0.3, -0.25) is 9.78 Å².